The van der Waals surface area contributed by atoms with E-state index in [2.05, 4.69) is 47.0 Å². The SMILES string of the molecule is CCN(Cc1ccccc1)C1=CCC(=[N+]=[N-])C=C1.OB(O)F.OB(O)F.OB(O)F.OB(O)F. The van der Waals surface area contributed by atoms with Crippen LogP contribution in [0.5, 0.6) is 0 Å². The van der Waals surface area contributed by atoms with Crippen LogP contribution < -0.4 is 0 Å². The zero-order valence-corrected chi connectivity index (χ0v) is 18.0. The van der Waals surface area contributed by atoms with Gasteiger partial charge in [-0.3, -0.25) is 17.3 Å². The molecule has 1 aliphatic rings. The number of nitrogens with zero attached hydrogens (tertiary/aromatic N) is 3. The monoisotopic (exact) mass is 495 g/mol. The molecule has 0 fully saturated rings. The molecule has 19 heteroatoms. The van der Waals surface area contributed by atoms with Crippen molar-refractivity contribution in [1.82, 2.24) is 4.90 Å². The highest BCUT2D eigenvalue weighted by atomic mass is 19.1. The Morgan fingerprint density at radius 3 is 1.53 bits per heavy atom. The van der Waals surface area contributed by atoms with Gasteiger partial charge in [0.25, 0.3) is 5.71 Å². The second-order valence-corrected chi connectivity index (χ2v) is 5.50. The van der Waals surface area contributed by atoms with Crippen LogP contribution in [0.3, 0.4) is 0 Å². The lowest BCUT2D eigenvalue weighted by atomic mass is 10.1. The van der Waals surface area contributed by atoms with Gasteiger partial charge in [-0.15, -0.1) is 0 Å². The van der Waals surface area contributed by atoms with E-state index in [0.29, 0.717) is 12.1 Å². The van der Waals surface area contributed by atoms with Crippen LogP contribution in [0.25, 0.3) is 5.53 Å². The van der Waals surface area contributed by atoms with E-state index in [1.54, 1.807) is 0 Å². The number of halogens is 4. The Morgan fingerprint density at radius 2 is 1.24 bits per heavy atom. The third-order valence-electron chi connectivity index (χ3n) is 3.06. The molecule has 1 aliphatic carbocycles. The lowest BCUT2D eigenvalue weighted by molar-refractivity contribution is -0.00548. The average molecular weight is 495 g/mol. The molecule has 0 aliphatic heterocycles. The Bertz CT molecular complexity index is 696. The molecule has 0 saturated heterocycles. The molecule has 2 rings (SSSR count). The van der Waals surface area contributed by atoms with Gasteiger partial charge in [0, 0.05) is 24.9 Å². The van der Waals surface area contributed by atoms with E-state index in [1.165, 1.54) is 11.3 Å². The molecular formula is C15H25B4F4N3O8. The van der Waals surface area contributed by atoms with Gasteiger partial charge in [0.05, 0.1) is 6.42 Å². The zero-order valence-electron chi connectivity index (χ0n) is 18.0. The number of likely N-dealkylation sites (N-methyl/N-ethyl adjacent to an activating group) is 1. The summed E-state index contributed by atoms with van der Waals surface area (Å²) >= 11 is 0. The molecule has 0 bridgehead atoms. The molecule has 0 radical (unpaired) electrons. The highest BCUT2D eigenvalue weighted by Crippen LogP contribution is 2.15. The fourth-order valence-corrected chi connectivity index (χ4v) is 2.02. The molecule has 8 N–H and O–H groups in total. The molecule has 11 nitrogen and oxygen atoms in total. The fourth-order valence-electron chi connectivity index (χ4n) is 2.02. The van der Waals surface area contributed by atoms with Crippen LogP contribution in [0.1, 0.15) is 18.9 Å². The van der Waals surface area contributed by atoms with Crippen LogP contribution in [-0.4, -0.2) is 91.7 Å². The van der Waals surface area contributed by atoms with E-state index in [0.717, 1.165) is 13.1 Å². The first kappa shape index (κ1) is 36.1. The number of hydrogen-bond acceptors (Lipinski definition) is 9. The van der Waals surface area contributed by atoms with Gasteiger partial charge < -0.3 is 50.6 Å². The molecule has 1 aromatic rings. The average Bonchev–Trinajstić information content (AvgIpc) is 2.71. The molecule has 0 atom stereocenters. The van der Waals surface area contributed by atoms with Crippen molar-refractivity contribution in [1.29, 1.82) is 0 Å². The Kier molecular flexibility index (Phi) is 25.2. The van der Waals surface area contributed by atoms with E-state index in [-0.39, 0.29) is 0 Å². The van der Waals surface area contributed by atoms with E-state index < -0.39 is 29.6 Å². The van der Waals surface area contributed by atoms with Crippen LogP contribution in [0.15, 0.2) is 54.3 Å². The van der Waals surface area contributed by atoms with Gasteiger partial charge in [0.15, 0.2) is 0 Å². The zero-order chi connectivity index (χ0) is 27.1. The van der Waals surface area contributed by atoms with Crippen LogP contribution in [0.4, 0.5) is 17.3 Å². The number of allylic oxidation sites excluding steroid dienone is 3. The molecule has 0 heterocycles. The van der Waals surface area contributed by atoms with Crippen LogP contribution in [-0.2, 0) is 6.54 Å². The van der Waals surface area contributed by atoms with Gasteiger partial charge >= 0.3 is 29.6 Å². The largest absolute Gasteiger partial charge is 0.674 e. The summed E-state index contributed by atoms with van der Waals surface area (Å²) in [4.78, 5) is 5.52. The minimum Gasteiger partial charge on any atom is -0.398 e. The highest BCUT2D eigenvalue weighted by Gasteiger charge is 2.12. The van der Waals surface area contributed by atoms with Crippen molar-refractivity contribution in [2.75, 3.05) is 6.54 Å². The highest BCUT2D eigenvalue weighted by molar-refractivity contribution is 6.32. The lowest BCUT2D eigenvalue weighted by Crippen LogP contribution is -2.22. The van der Waals surface area contributed by atoms with Crippen LogP contribution >= 0.6 is 0 Å². The first-order valence-electron chi connectivity index (χ1n) is 9.15. The molecule has 1 aromatic carbocycles. The molecule has 34 heavy (non-hydrogen) atoms. The Balaban J connectivity index is -0.000000492. The summed E-state index contributed by atoms with van der Waals surface area (Å²) in [6.45, 7) is 4.00. The molecule has 0 spiro atoms. The van der Waals surface area contributed by atoms with Gasteiger partial charge in [-0.1, -0.05) is 30.3 Å². The number of hydrogen-bond donors (Lipinski definition) is 8. The van der Waals surface area contributed by atoms with Crippen molar-refractivity contribution >= 4 is 35.3 Å². The maximum Gasteiger partial charge on any atom is 0.674 e. The molecule has 0 saturated carbocycles. The van der Waals surface area contributed by atoms with Crippen molar-refractivity contribution < 1.29 is 62.2 Å². The predicted molar refractivity (Wildman–Crippen MR) is 118 cm³/mol. The smallest absolute Gasteiger partial charge is 0.398 e. The third kappa shape index (κ3) is 31.7. The topological polar surface area (TPSA) is 201 Å². The van der Waals surface area contributed by atoms with Crippen molar-refractivity contribution in [3.8, 4) is 0 Å². The van der Waals surface area contributed by atoms with E-state index in [4.69, 9.17) is 45.7 Å². The minimum atomic E-state index is -2.67. The lowest BCUT2D eigenvalue weighted by Gasteiger charge is -2.25. The standard InChI is InChI=1S/C15H17N3.4BFH2O2/c1-2-18(12-13-6-4-3-5-7-13)15-10-8-14(17-16)9-11-15;4*2-1(3)4/h3-8,10-11H,2,9,12H2,1H3;4*3-4H. The third-order valence-corrected chi connectivity index (χ3v) is 3.06. The molecule has 0 amide bonds. The first-order valence-corrected chi connectivity index (χ1v) is 9.15. The Morgan fingerprint density at radius 1 is 0.824 bits per heavy atom. The quantitative estimate of drug-likeness (QED) is 0.109. The summed E-state index contributed by atoms with van der Waals surface area (Å²) in [7, 11) is -10.7. The maximum absolute atomic E-state index is 10.1. The number of rotatable bonds is 4. The Labute approximate surface area is 194 Å². The minimum absolute atomic E-state index is 0.688. The molecule has 188 valence electrons. The second kappa shape index (κ2) is 23.7. The maximum atomic E-state index is 10.1. The van der Waals surface area contributed by atoms with Crippen molar-refractivity contribution in [3.05, 3.63) is 65.4 Å². The number of benzene rings is 1. The summed E-state index contributed by atoms with van der Waals surface area (Å²) in [5.41, 5.74) is 11.9. The first-order chi connectivity index (χ1) is 15.8. The Hall–Kier alpha value is -2.46. The second-order valence-electron chi connectivity index (χ2n) is 5.50. The predicted octanol–water partition coefficient (Wildman–Crippen LogP) is -1.28. The van der Waals surface area contributed by atoms with Gasteiger partial charge in [-0.05, 0) is 24.6 Å². The normalized spacial score (nSPS) is 10.6. The van der Waals surface area contributed by atoms with E-state index >= 15 is 0 Å². The fraction of sp³-hybridized carbons (Fsp3) is 0.267. The molecule has 0 unspecified atom stereocenters. The summed E-state index contributed by atoms with van der Waals surface area (Å²) in [5.74, 6) is 0. The van der Waals surface area contributed by atoms with Crippen LogP contribution in [0, 0.1) is 0 Å². The summed E-state index contributed by atoms with van der Waals surface area (Å²) in [6.07, 6.45) is 6.66. The van der Waals surface area contributed by atoms with Gasteiger partial charge in [0.1, 0.15) is 0 Å². The van der Waals surface area contributed by atoms with Crippen molar-refractivity contribution in [3.63, 3.8) is 0 Å². The van der Waals surface area contributed by atoms with Crippen molar-refractivity contribution in [2.24, 2.45) is 0 Å². The summed E-state index contributed by atoms with van der Waals surface area (Å²) < 4.78 is 40.4. The van der Waals surface area contributed by atoms with E-state index in [1.807, 2.05) is 18.2 Å². The summed E-state index contributed by atoms with van der Waals surface area (Å²) in [6, 6.07) is 10.4. The molecular weight excluding hydrogens is 469 g/mol. The van der Waals surface area contributed by atoms with Crippen molar-refractivity contribution in [2.45, 2.75) is 19.9 Å². The van der Waals surface area contributed by atoms with Gasteiger partial charge in [0.2, 0.25) is 0 Å². The van der Waals surface area contributed by atoms with Crippen LogP contribution in [0.2, 0.25) is 0 Å². The van der Waals surface area contributed by atoms with Gasteiger partial charge in [-0.2, -0.15) is 4.79 Å². The summed E-state index contributed by atoms with van der Waals surface area (Å²) in [5, 5.41) is 55.6. The molecule has 0 aromatic heterocycles. The van der Waals surface area contributed by atoms with Gasteiger partial charge in [-0.25, -0.2) is 0 Å². The van der Waals surface area contributed by atoms with E-state index in [9.17, 15) is 17.3 Å².